The monoisotopic (exact) mass is 353 g/mol. The molecule has 0 heterocycles. The van der Waals surface area contributed by atoms with Gasteiger partial charge in [-0.2, -0.15) is 0 Å². The van der Waals surface area contributed by atoms with Gasteiger partial charge in [-0.05, 0) is 36.5 Å². The highest BCUT2D eigenvalue weighted by atomic mass is 79.9. The van der Waals surface area contributed by atoms with Crippen molar-refractivity contribution in [3.8, 4) is 0 Å². The lowest BCUT2D eigenvalue weighted by atomic mass is 9.76. The van der Waals surface area contributed by atoms with Gasteiger partial charge >= 0.3 is 5.97 Å². The summed E-state index contributed by atoms with van der Waals surface area (Å²) >= 11 is 3.37. The summed E-state index contributed by atoms with van der Waals surface area (Å²) in [4.78, 5) is 23.9. The van der Waals surface area contributed by atoms with Crippen molar-refractivity contribution in [2.75, 3.05) is 0 Å². The van der Waals surface area contributed by atoms with Crippen LogP contribution in [0, 0.1) is 5.92 Å². The minimum absolute atomic E-state index is 0.197. The van der Waals surface area contributed by atoms with Crippen LogP contribution in [0.15, 0.2) is 28.7 Å². The molecule has 0 aliphatic heterocycles. The Morgan fingerprint density at radius 2 is 2.24 bits per heavy atom. The summed E-state index contributed by atoms with van der Waals surface area (Å²) in [5.74, 6) is -0.831. The maximum absolute atomic E-state index is 12.2. The van der Waals surface area contributed by atoms with Crippen LogP contribution < -0.4 is 5.32 Å². The number of halogens is 1. The second kappa shape index (κ2) is 6.60. The number of carbonyl (C=O) groups is 2. The molecule has 1 fully saturated rings. The molecule has 1 aromatic rings. The van der Waals surface area contributed by atoms with E-state index in [1.165, 1.54) is 0 Å². The number of hydrogen-bond acceptors (Lipinski definition) is 2. The van der Waals surface area contributed by atoms with Crippen molar-refractivity contribution in [3.05, 3.63) is 34.3 Å². The molecule has 1 aliphatic rings. The van der Waals surface area contributed by atoms with Gasteiger partial charge in [0.15, 0.2) is 0 Å². The SMILES string of the molecule is CC1CCCC(NC(=O)Cc2cccc(Br)c2)(C(=O)O)C1. The van der Waals surface area contributed by atoms with Gasteiger partial charge in [0.2, 0.25) is 5.91 Å². The molecule has 0 radical (unpaired) electrons. The van der Waals surface area contributed by atoms with E-state index in [1.54, 1.807) is 0 Å². The quantitative estimate of drug-likeness (QED) is 0.873. The minimum Gasteiger partial charge on any atom is -0.480 e. The van der Waals surface area contributed by atoms with Crippen LogP contribution >= 0.6 is 15.9 Å². The van der Waals surface area contributed by atoms with Crippen molar-refractivity contribution in [3.63, 3.8) is 0 Å². The first kappa shape index (κ1) is 16.0. The van der Waals surface area contributed by atoms with Gasteiger partial charge in [-0.3, -0.25) is 4.79 Å². The first-order valence-corrected chi connectivity index (χ1v) is 7.99. The molecule has 2 rings (SSSR count). The van der Waals surface area contributed by atoms with E-state index < -0.39 is 11.5 Å². The number of benzene rings is 1. The lowest BCUT2D eigenvalue weighted by Crippen LogP contribution is -2.57. The van der Waals surface area contributed by atoms with Gasteiger partial charge in [0.1, 0.15) is 5.54 Å². The van der Waals surface area contributed by atoms with Gasteiger partial charge in [-0.25, -0.2) is 4.79 Å². The van der Waals surface area contributed by atoms with Crippen LogP contribution in [0.5, 0.6) is 0 Å². The summed E-state index contributed by atoms with van der Waals surface area (Å²) < 4.78 is 0.909. The molecule has 1 aliphatic carbocycles. The van der Waals surface area contributed by atoms with E-state index in [4.69, 9.17) is 0 Å². The molecule has 4 nitrogen and oxygen atoms in total. The second-order valence-corrected chi connectivity index (χ2v) is 6.86. The van der Waals surface area contributed by atoms with Crippen LogP contribution in [0.4, 0.5) is 0 Å². The molecule has 2 atom stereocenters. The number of carboxylic acid groups (broad SMARTS) is 1. The van der Waals surface area contributed by atoms with E-state index >= 15 is 0 Å². The molecular weight excluding hydrogens is 334 g/mol. The largest absolute Gasteiger partial charge is 0.480 e. The zero-order valence-corrected chi connectivity index (χ0v) is 13.6. The van der Waals surface area contributed by atoms with Crippen molar-refractivity contribution < 1.29 is 14.7 Å². The Morgan fingerprint density at radius 3 is 2.86 bits per heavy atom. The summed E-state index contributed by atoms with van der Waals surface area (Å²) in [6, 6.07) is 7.49. The highest BCUT2D eigenvalue weighted by Gasteiger charge is 2.43. The molecule has 0 aromatic heterocycles. The van der Waals surface area contributed by atoms with Crippen LogP contribution in [0.2, 0.25) is 0 Å². The number of aliphatic carboxylic acids is 1. The minimum atomic E-state index is -1.10. The number of carbonyl (C=O) groups excluding carboxylic acids is 1. The molecular formula is C16H20BrNO3. The van der Waals surface area contributed by atoms with E-state index in [0.717, 1.165) is 22.9 Å². The number of rotatable bonds is 4. The van der Waals surface area contributed by atoms with Gasteiger partial charge in [0.25, 0.3) is 0 Å². The third-order valence-corrected chi connectivity index (χ3v) is 4.53. The maximum atomic E-state index is 12.2. The summed E-state index contributed by atoms with van der Waals surface area (Å²) in [7, 11) is 0. The number of carboxylic acids is 1. The van der Waals surface area contributed by atoms with E-state index in [1.807, 2.05) is 31.2 Å². The standard InChI is InChI=1S/C16H20BrNO3/c1-11-4-3-7-16(10-11,15(20)21)18-14(19)9-12-5-2-6-13(17)8-12/h2,5-6,8,11H,3-4,7,9-10H2,1H3,(H,18,19)(H,20,21). The van der Waals surface area contributed by atoms with Crippen LogP contribution in [-0.4, -0.2) is 22.5 Å². The Hall–Kier alpha value is -1.36. The lowest BCUT2D eigenvalue weighted by molar-refractivity contribution is -0.150. The molecule has 21 heavy (non-hydrogen) atoms. The van der Waals surface area contributed by atoms with Gasteiger partial charge in [-0.15, -0.1) is 0 Å². The van der Waals surface area contributed by atoms with Gasteiger partial charge in [0, 0.05) is 4.47 Å². The van der Waals surface area contributed by atoms with Gasteiger partial charge in [-0.1, -0.05) is 47.8 Å². The molecule has 5 heteroatoms. The van der Waals surface area contributed by atoms with Crippen molar-refractivity contribution in [2.45, 2.75) is 44.6 Å². The predicted octanol–water partition coefficient (Wildman–Crippen LogP) is 3.14. The predicted molar refractivity (Wildman–Crippen MR) is 84.0 cm³/mol. The Morgan fingerprint density at radius 1 is 1.48 bits per heavy atom. The zero-order valence-electron chi connectivity index (χ0n) is 12.1. The summed E-state index contributed by atoms with van der Waals surface area (Å²) in [5.41, 5.74) is -0.230. The normalized spacial score (nSPS) is 25.3. The Kier molecular flexibility index (Phi) is 5.04. The van der Waals surface area contributed by atoms with Crippen LogP contribution in [0.25, 0.3) is 0 Å². The topological polar surface area (TPSA) is 66.4 Å². The maximum Gasteiger partial charge on any atom is 0.329 e. The van der Waals surface area contributed by atoms with Crippen molar-refractivity contribution >= 4 is 27.8 Å². The van der Waals surface area contributed by atoms with E-state index in [-0.39, 0.29) is 12.3 Å². The molecule has 1 aromatic carbocycles. The Labute approximate surface area is 133 Å². The molecule has 1 amide bonds. The second-order valence-electron chi connectivity index (χ2n) is 5.94. The van der Waals surface area contributed by atoms with Crippen molar-refractivity contribution in [2.24, 2.45) is 5.92 Å². The molecule has 2 unspecified atom stereocenters. The van der Waals surface area contributed by atoms with E-state index in [9.17, 15) is 14.7 Å². The fourth-order valence-electron chi connectivity index (χ4n) is 3.06. The van der Waals surface area contributed by atoms with Crippen LogP contribution in [-0.2, 0) is 16.0 Å². The third kappa shape index (κ3) is 4.06. The Bertz CT molecular complexity index is 546. The van der Waals surface area contributed by atoms with Crippen molar-refractivity contribution in [1.29, 1.82) is 0 Å². The van der Waals surface area contributed by atoms with Crippen LogP contribution in [0.3, 0.4) is 0 Å². The Balaban J connectivity index is 2.07. The fourth-order valence-corrected chi connectivity index (χ4v) is 3.50. The first-order chi connectivity index (χ1) is 9.91. The number of nitrogens with one attached hydrogen (secondary N) is 1. The van der Waals surface area contributed by atoms with Crippen LogP contribution in [0.1, 0.15) is 38.2 Å². The van der Waals surface area contributed by atoms with Gasteiger partial charge in [0.05, 0.1) is 6.42 Å². The molecule has 0 spiro atoms. The highest BCUT2D eigenvalue weighted by molar-refractivity contribution is 9.10. The average molecular weight is 354 g/mol. The highest BCUT2D eigenvalue weighted by Crippen LogP contribution is 2.32. The summed E-state index contributed by atoms with van der Waals surface area (Å²) in [5, 5.41) is 12.3. The van der Waals surface area contributed by atoms with Gasteiger partial charge < -0.3 is 10.4 Å². The molecule has 1 saturated carbocycles. The number of hydrogen-bond donors (Lipinski definition) is 2. The molecule has 2 N–H and O–H groups in total. The van der Waals surface area contributed by atoms with E-state index in [0.29, 0.717) is 18.8 Å². The number of amides is 1. The zero-order chi connectivity index (χ0) is 15.5. The van der Waals surface area contributed by atoms with Crippen molar-refractivity contribution in [1.82, 2.24) is 5.32 Å². The fraction of sp³-hybridized carbons (Fsp3) is 0.500. The first-order valence-electron chi connectivity index (χ1n) is 7.20. The van der Waals surface area contributed by atoms with E-state index in [2.05, 4.69) is 21.2 Å². The molecule has 0 saturated heterocycles. The lowest BCUT2D eigenvalue weighted by Gasteiger charge is -2.37. The summed E-state index contributed by atoms with van der Waals surface area (Å²) in [6.45, 7) is 2.04. The summed E-state index contributed by atoms with van der Waals surface area (Å²) in [6.07, 6.45) is 3.08. The third-order valence-electron chi connectivity index (χ3n) is 4.04. The smallest absolute Gasteiger partial charge is 0.329 e. The molecule has 0 bridgehead atoms. The molecule has 114 valence electrons. The average Bonchev–Trinajstić information content (AvgIpc) is 2.38.